The van der Waals surface area contributed by atoms with Gasteiger partial charge < -0.3 is 5.32 Å². The van der Waals surface area contributed by atoms with E-state index < -0.39 is 9.84 Å². The second-order valence-corrected chi connectivity index (χ2v) is 6.19. The number of aryl methyl sites for hydroxylation is 1. The van der Waals surface area contributed by atoms with Crippen LogP contribution in [0.4, 0.5) is 5.69 Å². The van der Waals surface area contributed by atoms with Gasteiger partial charge in [-0.15, -0.1) is 0 Å². The lowest BCUT2D eigenvalue weighted by Gasteiger charge is -2.14. The second-order valence-electron chi connectivity index (χ2n) is 4.01. The first-order valence-electron chi connectivity index (χ1n) is 4.88. The van der Waals surface area contributed by atoms with Crippen molar-refractivity contribution < 1.29 is 8.42 Å². The number of rotatable bonds is 4. The molecule has 0 saturated carbocycles. The van der Waals surface area contributed by atoms with Gasteiger partial charge in [0.15, 0.2) is 0 Å². The smallest absolute Gasteiger partial charge is 0.149 e. The molecule has 0 saturated heterocycles. The molecule has 0 amide bonds. The number of hydrogen-bond acceptors (Lipinski definition) is 3. The van der Waals surface area contributed by atoms with Crippen LogP contribution in [-0.4, -0.2) is 26.5 Å². The molecule has 1 unspecified atom stereocenters. The lowest BCUT2D eigenvalue weighted by molar-refractivity contribution is 0.598. The van der Waals surface area contributed by atoms with E-state index in [4.69, 9.17) is 0 Å². The maximum absolute atomic E-state index is 11.1. The van der Waals surface area contributed by atoms with Crippen molar-refractivity contribution in [2.45, 2.75) is 19.9 Å². The third-order valence-corrected chi connectivity index (χ3v) is 3.09. The van der Waals surface area contributed by atoms with Crippen molar-refractivity contribution in [3.63, 3.8) is 0 Å². The van der Waals surface area contributed by atoms with Crippen molar-refractivity contribution in [1.29, 1.82) is 0 Å². The van der Waals surface area contributed by atoms with Crippen LogP contribution in [0.3, 0.4) is 0 Å². The van der Waals surface area contributed by atoms with Crippen LogP contribution in [-0.2, 0) is 9.84 Å². The highest BCUT2D eigenvalue weighted by Gasteiger charge is 2.09. The first kappa shape index (κ1) is 12.0. The van der Waals surface area contributed by atoms with Gasteiger partial charge in [-0.2, -0.15) is 0 Å². The minimum Gasteiger partial charge on any atom is -0.382 e. The van der Waals surface area contributed by atoms with E-state index in [1.165, 1.54) is 6.26 Å². The van der Waals surface area contributed by atoms with Gasteiger partial charge in [-0.1, -0.05) is 12.1 Å². The molecule has 0 heterocycles. The predicted molar refractivity (Wildman–Crippen MR) is 64.0 cm³/mol. The summed E-state index contributed by atoms with van der Waals surface area (Å²) in [5, 5.41) is 3.16. The minimum atomic E-state index is -2.92. The highest BCUT2D eigenvalue weighted by atomic mass is 32.2. The quantitative estimate of drug-likeness (QED) is 0.853. The molecular formula is C11H17NO2S. The monoisotopic (exact) mass is 227 g/mol. The van der Waals surface area contributed by atoms with Crippen LogP contribution in [0.1, 0.15) is 12.5 Å². The Kier molecular flexibility index (Phi) is 3.74. The van der Waals surface area contributed by atoms with Crippen molar-refractivity contribution in [3.8, 4) is 0 Å². The van der Waals surface area contributed by atoms with Gasteiger partial charge in [0.05, 0.1) is 5.75 Å². The fraction of sp³-hybridized carbons (Fsp3) is 0.455. The van der Waals surface area contributed by atoms with Gasteiger partial charge in [-0.3, -0.25) is 0 Å². The largest absolute Gasteiger partial charge is 0.382 e. The van der Waals surface area contributed by atoms with E-state index in [1.54, 1.807) is 0 Å². The van der Waals surface area contributed by atoms with Crippen LogP contribution in [0, 0.1) is 6.92 Å². The summed E-state index contributed by atoms with van der Waals surface area (Å²) in [6, 6.07) is 7.82. The molecule has 4 heteroatoms. The zero-order valence-corrected chi connectivity index (χ0v) is 10.1. The van der Waals surface area contributed by atoms with Gasteiger partial charge in [-0.05, 0) is 31.5 Å². The summed E-state index contributed by atoms with van der Waals surface area (Å²) in [5.41, 5.74) is 2.12. The predicted octanol–water partition coefficient (Wildman–Crippen LogP) is 1.84. The molecule has 1 atom stereocenters. The van der Waals surface area contributed by atoms with Crippen LogP contribution in [0.2, 0.25) is 0 Å². The Labute approximate surface area is 91.4 Å². The molecule has 0 spiro atoms. The van der Waals surface area contributed by atoms with Gasteiger partial charge >= 0.3 is 0 Å². The first-order valence-corrected chi connectivity index (χ1v) is 6.94. The Balaban J connectivity index is 2.63. The van der Waals surface area contributed by atoms with Gasteiger partial charge in [0, 0.05) is 18.0 Å². The molecule has 1 rings (SSSR count). The van der Waals surface area contributed by atoms with E-state index in [9.17, 15) is 8.42 Å². The molecule has 15 heavy (non-hydrogen) atoms. The molecule has 0 aliphatic carbocycles. The Morgan fingerprint density at radius 3 is 2.60 bits per heavy atom. The van der Waals surface area contributed by atoms with E-state index in [-0.39, 0.29) is 11.8 Å². The van der Waals surface area contributed by atoms with Gasteiger partial charge in [0.25, 0.3) is 0 Å². The highest BCUT2D eigenvalue weighted by molar-refractivity contribution is 7.90. The molecule has 0 aromatic heterocycles. The van der Waals surface area contributed by atoms with Crippen molar-refractivity contribution in [2.24, 2.45) is 0 Å². The maximum atomic E-state index is 11.1. The Bertz CT molecular complexity index is 426. The average molecular weight is 227 g/mol. The van der Waals surface area contributed by atoms with E-state index in [1.807, 2.05) is 38.1 Å². The number of benzene rings is 1. The molecule has 84 valence electrons. The van der Waals surface area contributed by atoms with Crippen LogP contribution < -0.4 is 5.32 Å². The Morgan fingerprint density at radius 1 is 1.40 bits per heavy atom. The summed E-state index contributed by atoms with van der Waals surface area (Å²) in [6.07, 6.45) is 1.25. The summed E-state index contributed by atoms with van der Waals surface area (Å²) in [4.78, 5) is 0. The summed E-state index contributed by atoms with van der Waals surface area (Å²) in [5.74, 6) is 0.154. The number of hydrogen-bond donors (Lipinski definition) is 1. The fourth-order valence-corrected chi connectivity index (χ4v) is 2.51. The lowest BCUT2D eigenvalue weighted by Crippen LogP contribution is -2.24. The van der Waals surface area contributed by atoms with Crippen LogP contribution in [0.5, 0.6) is 0 Å². The molecular weight excluding hydrogens is 210 g/mol. The van der Waals surface area contributed by atoms with Gasteiger partial charge in [0.2, 0.25) is 0 Å². The lowest BCUT2D eigenvalue weighted by atomic mass is 10.2. The van der Waals surface area contributed by atoms with Crippen LogP contribution in [0.15, 0.2) is 24.3 Å². The number of nitrogens with one attached hydrogen (secondary N) is 1. The molecule has 0 aliphatic heterocycles. The highest BCUT2D eigenvalue weighted by Crippen LogP contribution is 2.11. The fourth-order valence-electron chi connectivity index (χ4n) is 1.52. The summed E-state index contributed by atoms with van der Waals surface area (Å²) in [6.45, 7) is 3.87. The normalized spacial score (nSPS) is 13.5. The Hall–Kier alpha value is -1.03. The molecule has 0 bridgehead atoms. The van der Waals surface area contributed by atoms with E-state index >= 15 is 0 Å². The maximum Gasteiger partial charge on any atom is 0.149 e. The molecule has 3 nitrogen and oxygen atoms in total. The van der Waals surface area contributed by atoms with Crippen molar-refractivity contribution >= 4 is 15.5 Å². The van der Waals surface area contributed by atoms with Crippen LogP contribution in [0.25, 0.3) is 0 Å². The standard InChI is InChI=1S/C11H17NO2S/c1-9-5-4-6-11(7-9)12-10(2)8-15(3,13)14/h4-7,10,12H,8H2,1-3H3. The molecule has 0 fully saturated rings. The van der Waals surface area contributed by atoms with Crippen molar-refractivity contribution in [3.05, 3.63) is 29.8 Å². The average Bonchev–Trinajstić information content (AvgIpc) is 1.99. The van der Waals surface area contributed by atoms with E-state index in [0.717, 1.165) is 11.3 Å². The number of sulfone groups is 1. The minimum absolute atomic E-state index is 0.0678. The van der Waals surface area contributed by atoms with Gasteiger partial charge in [-0.25, -0.2) is 8.42 Å². The van der Waals surface area contributed by atoms with Gasteiger partial charge in [0.1, 0.15) is 9.84 Å². The third kappa shape index (κ3) is 4.83. The summed E-state index contributed by atoms with van der Waals surface area (Å²) in [7, 11) is -2.92. The SMILES string of the molecule is Cc1cccc(NC(C)CS(C)(=O)=O)c1. The molecule has 0 radical (unpaired) electrons. The first-order chi connectivity index (χ1) is 6.87. The molecule has 1 N–H and O–H groups in total. The van der Waals surface area contributed by atoms with Crippen molar-refractivity contribution in [2.75, 3.05) is 17.3 Å². The second kappa shape index (κ2) is 4.66. The third-order valence-electron chi connectivity index (χ3n) is 1.98. The molecule has 0 aliphatic rings. The summed E-state index contributed by atoms with van der Waals surface area (Å²) < 4.78 is 22.1. The van der Waals surface area contributed by atoms with E-state index in [0.29, 0.717) is 0 Å². The zero-order valence-electron chi connectivity index (χ0n) is 9.32. The zero-order chi connectivity index (χ0) is 11.5. The molecule has 1 aromatic rings. The number of anilines is 1. The topological polar surface area (TPSA) is 46.2 Å². The van der Waals surface area contributed by atoms with Crippen LogP contribution >= 0.6 is 0 Å². The summed E-state index contributed by atoms with van der Waals surface area (Å²) >= 11 is 0. The molecule has 1 aromatic carbocycles. The Morgan fingerprint density at radius 2 is 2.07 bits per heavy atom. The van der Waals surface area contributed by atoms with Crippen molar-refractivity contribution in [1.82, 2.24) is 0 Å². The van der Waals surface area contributed by atoms with E-state index in [2.05, 4.69) is 5.32 Å².